The van der Waals surface area contributed by atoms with Gasteiger partial charge in [-0.2, -0.15) is 0 Å². The molecule has 0 unspecified atom stereocenters. The van der Waals surface area contributed by atoms with Crippen LogP contribution in [0.15, 0.2) is 30.3 Å². The summed E-state index contributed by atoms with van der Waals surface area (Å²) in [5.41, 5.74) is 0.907. The number of carbonyl (C=O) groups is 3. The number of amides is 2. The Kier molecular flexibility index (Phi) is 11.8. The lowest BCUT2D eigenvalue weighted by Crippen LogP contribution is -2.62. The first-order valence-electron chi connectivity index (χ1n) is 11.6. The quantitative estimate of drug-likeness (QED) is 0.345. The minimum Gasteiger partial charge on any atom is -0.460 e. The zero-order valence-corrected chi connectivity index (χ0v) is 20.3. The SMILES string of the molecule is CC[C@H]1O[C@@H](OCCOCCNC(=O)OCc2ccccc2)[C@H](NC(C)=O)[C@@H](OC(C)=O)[C@H]1C. The van der Waals surface area contributed by atoms with Crippen LogP contribution in [0.25, 0.3) is 0 Å². The van der Waals surface area contributed by atoms with E-state index in [2.05, 4.69) is 10.6 Å². The lowest BCUT2D eigenvalue weighted by Gasteiger charge is -2.44. The van der Waals surface area contributed by atoms with Crippen LogP contribution in [0.1, 0.15) is 39.7 Å². The standard InChI is InChI=1S/C24H36N2O8/c1-5-20-16(2)22(33-18(4)28)21(26-17(3)27)23(34-20)31-14-13-30-12-11-25-24(29)32-15-19-9-7-6-8-10-19/h6-10,16,20-23H,5,11-15H2,1-4H3,(H,25,29)(H,26,27)/t16-,20+,21+,22-,23+/m0/s1. The topological polar surface area (TPSA) is 121 Å². The summed E-state index contributed by atoms with van der Waals surface area (Å²) < 4.78 is 28.0. The van der Waals surface area contributed by atoms with Crippen molar-refractivity contribution in [3.05, 3.63) is 35.9 Å². The fraction of sp³-hybridized carbons (Fsp3) is 0.625. The van der Waals surface area contributed by atoms with Gasteiger partial charge in [-0.3, -0.25) is 9.59 Å². The van der Waals surface area contributed by atoms with Crippen molar-refractivity contribution in [1.29, 1.82) is 0 Å². The molecule has 190 valence electrons. The van der Waals surface area contributed by atoms with Crippen molar-refractivity contribution in [2.75, 3.05) is 26.4 Å². The molecule has 1 aromatic rings. The van der Waals surface area contributed by atoms with Gasteiger partial charge in [0.05, 0.1) is 25.9 Å². The van der Waals surface area contributed by atoms with Gasteiger partial charge in [0.25, 0.3) is 0 Å². The highest BCUT2D eigenvalue weighted by Crippen LogP contribution is 2.30. The van der Waals surface area contributed by atoms with Gasteiger partial charge in [0, 0.05) is 26.3 Å². The van der Waals surface area contributed by atoms with E-state index < -0.39 is 30.5 Å². The van der Waals surface area contributed by atoms with Gasteiger partial charge in [-0.25, -0.2) is 4.79 Å². The molecule has 2 rings (SSSR count). The highest BCUT2D eigenvalue weighted by molar-refractivity contribution is 5.73. The highest BCUT2D eigenvalue weighted by Gasteiger charge is 2.46. The molecule has 1 saturated heterocycles. The fourth-order valence-corrected chi connectivity index (χ4v) is 3.77. The number of hydrogen-bond donors (Lipinski definition) is 2. The Morgan fingerprint density at radius 2 is 1.79 bits per heavy atom. The molecule has 2 amide bonds. The molecule has 0 bridgehead atoms. The molecule has 1 fully saturated rings. The van der Waals surface area contributed by atoms with Crippen LogP contribution < -0.4 is 10.6 Å². The van der Waals surface area contributed by atoms with Gasteiger partial charge in [0.1, 0.15) is 18.8 Å². The van der Waals surface area contributed by atoms with Gasteiger partial charge in [-0.05, 0) is 12.0 Å². The maximum Gasteiger partial charge on any atom is 0.407 e. The number of benzene rings is 1. The summed E-state index contributed by atoms with van der Waals surface area (Å²) in [6, 6.07) is 8.76. The number of ether oxygens (including phenoxy) is 5. The molecule has 0 saturated carbocycles. The first-order chi connectivity index (χ1) is 16.3. The van der Waals surface area contributed by atoms with Gasteiger partial charge in [-0.1, -0.05) is 44.2 Å². The van der Waals surface area contributed by atoms with Crippen molar-refractivity contribution in [2.45, 2.75) is 65.3 Å². The predicted octanol–water partition coefficient (Wildman–Crippen LogP) is 2.15. The van der Waals surface area contributed by atoms with Crippen molar-refractivity contribution in [3.8, 4) is 0 Å². The summed E-state index contributed by atoms with van der Waals surface area (Å²) in [4.78, 5) is 35.1. The fourth-order valence-electron chi connectivity index (χ4n) is 3.77. The van der Waals surface area contributed by atoms with E-state index in [4.69, 9.17) is 23.7 Å². The molecule has 34 heavy (non-hydrogen) atoms. The van der Waals surface area contributed by atoms with Crippen LogP contribution in [0.3, 0.4) is 0 Å². The molecule has 0 aromatic heterocycles. The Labute approximate surface area is 200 Å². The number of carbonyl (C=O) groups excluding carboxylic acids is 3. The molecule has 0 radical (unpaired) electrons. The minimum absolute atomic E-state index is 0.116. The number of alkyl carbamates (subject to hydrolysis) is 1. The van der Waals surface area contributed by atoms with Gasteiger partial charge < -0.3 is 34.3 Å². The largest absolute Gasteiger partial charge is 0.460 e. The van der Waals surface area contributed by atoms with E-state index in [1.807, 2.05) is 44.2 Å². The third-order valence-corrected chi connectivity index (χ3v) is 5.37. The van der Waals surface area contributed by atoms with Crippen LogP contribution in [0, 0.1) is 5.92 Å². The Bertz CT molecular complexity index is 775. The van der Waals surface area contributed by atoms with Crippen molar-refractivity contribution in [2.24, 2.45) is 5.92 Å². The molecule has 0 aliphatic carbocycles. The third-order valence-electron chi connectivity index (χ3n) is 5.37. The summed E-state index contributed by atoms with van der Waals surface area (Å²) in [7, 11) is 0. The van der Waals surface area contributed by atoms with Crippen LogP contribution in [0.5, 0.6) is 0 Å². The number of hydrogen-bond acceptors (Lipinski definition) is 8. The summed E-state index contributed by atoms with van der Waals surface area (Å²) in [5, 5.41) is 5.41. The Hall–Kier alpha value is -2.69. The zero-order valence-electron chi connectivity index (χ0n) is 20.3. The Balaban J connectivity index is 1.72. The van der Waals surface area contributed by atoms with Gasteiger partial charge >= 0.3 is 12.1 Å². The number of esters is 1. The normalized spacial score (nSPS) is 24.2. The van der Waals surface area contributed by atoms with E-state index in [1.165, 1.54) is 13.8 Å². The minimum atomic E-state index is -0.788. The first-order valence-corrected chi connectivity index (χ1v) is 11.6. The Morgan fingerprint density at radius 1 is 1.06 bits per heavy atom. The lowest BCUT2D eigenvalue weighted by molar-refractivity contribution is -0.255. The summed E-state index contributed by atoms with van der Waals surface area (Å²) >= 11 is 0. The molecule has 1 heterocycles. The molecule has 10 nitrogen and oxygen atoms in total. The number of rotatable bonds is 12. The van der Waals surface area contributed by atoms with Crippen LogP contribution >= 0.6 is 0 Å². The summed E-state index contributed by atoms with van der Waals surface area (Å²) in [6.07, 6.45) is -1.37. The average molecular weight is 481 g/mol. The van der Waals surface area contributed by atoms with Crippen molar-refractivity contribution < 1.29 is 38.1 Å². The zero-order chi connectivity index (χ0) is 24.9. The van der Waals surface area contributed by atoms with Crippen molar-refractivity contribution in [1.82, 2.24) is 10.6 Å². The molecule has 5 atom stereocenters. The van der Waals surface area contributed by atoms with Gasteiger partial charge in [0.2, 0.25) is 5.91 Å². The van der Waals surface area contributed by atoms with E-state index in [0.29, 0.717) is 6.42 Å². The van der Waals surface area contributed by atoms with E-state index in [0.717, 1.165) is 5.56 Å². The highest BCUT2D eigenvalue weighted by atomic mass is 16.7. The molecule has 1 aliphatic heterocycles. The molecular formula is C24H36N2O8. The summed E-state index contributed by atoms with van der Waals surface area (Å²) in [5.74, 6) is -0.821. The monoisotopic (exact) mass is 480 g/mol. The second-order valence-corrected chi connectivity index (χ2v) is 8.08. The second-order valence-electron chi connectivity index (χ2n) is 8.08. The number of nitrogens with one attached hydrogen (secondary N) is 2. The van der Waals surface area contributed by atoms with Crippen molar-refractivity contribution in [3.63, 3.8) is 0 Å². The van der Waals surface area contributed by atoms with Crippen LogP contribution in [0.4, 0.5) is 4.79 Å². The van der Waals surface area contributed by atoms with E-state index in [9.17, 15) is 14.4 Å². The molecule has 0 spiro atoms. The van der Waals surface area contributed by atoms with Gasteiger partial charge in [0.15, 0.2) is 6.29 Å². The second kappa shape index (κ2) is 14.5. The molecule has 1 aliphatic rings. The maximum absolute atomic E-state index is 11.7. The summed E-state index contributed by atoms with van der Waals surface area (Å²) in [6.45, 7) is 7.82. The molecule has 2 N–H and O–H groups in total. The third kappa shape index (κ3) is 9.28. The molecule has 1 aromatic carbocycles. The molecular weight excluding hydrogens is 444 g/mol. The van der Waals surface area contributed by atoms with Crippen LogP contribution in [0.2, 0.25) is 0 Å². The average Bonchev–Trinajstić information content (AvgIpc) is 2.80. The Morgan fingerprint density at radius 3 is 2.44 bits per heavy atom. The molecule has 10 heteroatoms. The smallest absolute Gasteiger partial charge is 0.407 e. The lowest BCUT2D eigenvalue weighted by atomic mass is 9.87. The van der Waals surface area contributed by atoms with Crippen LogP contribution in [-0.2, 0) is 39.9 Å². The first kappa shape index (κ1) is 27.6. The maximum atomic E-state index is 11.7. The van der Waals surface area contributed by atoms with Crippen molar-refractivity contribution >= 4 is 18.0 Å². The van der Waals surface area contributed by atoms with Gasteiger partial charge in [-0.15, -0.1) is 0 Å². The van der Waals surface area contributed by atoms with E-state index in [-0.39, 0.29) is 50.9 Å². The van der Waals surface area contributed by atoms with Crippen LogP contribution in [-0.4, -0.2) is 68.9 Å². The van der Waals surface area contributed by atoms with E-state index >= 15 is 0 Å². The van der Waals surface area contributed by atoms with E-state index in [1.54, 1.807) is 0 Å². The predicted molar refractivity (Wildman–Crippen MR) is 123 cm³/mol.